The van der Waals surface area contributed by atoms with Crippen molar-refractivity contribution in [1.29, 1.82) is 0 Å². The number of rotatable bonds is 7. The summed E-state index contributed by atoms with van der Waals surface area (Å²) < 4.78 is 43.3. The Morgan fingerprint density at radius 1 is 1.00 bits per heavy atom. The Balaban J connectivity index is 2.25. The summed E-state index contributed by atoms with van der Waals surface area (Å²) in [6, 6.07) is 13.5. The molecule has 0 saturated heterocycles. The van der Waals surface area contributed by atoms with Crippen molar-refractivity contribution < 1.29 is 22.7 Å². The van der Waals surface area contributed by atoms with E-state index in [0.717, 1.165) is 11.3 Å². The standard InChI is InChI=1S/C20H21FNO4P/c1-4-25-27(23,26-5-2)20-18-13-16(21)9-6-15(18)12-19(22-20)14-7-10-17(24-3)11-8-14/h6-13H,4-5H2,1-3H3. The first-order valence-electron chi connectivity index (χ1n) is 8.65. The molecule has 0 saturated carbocycles. The lowest BCUT2D eigenvalue weighted by atomic mass is 10.1. The van der Waals surface area contributed by atoms with Gasteiger partial charge in [0.1, 0.15) is 11.6 Å². The maximum Gasteiger partial charge on any atom is 0.380 e. The summed E-state index contributed by atoms with van der Waals surface area (Å²) in [7, 11) is -2.11. The molecule has 27 heavy (non-hydrogen) atoms. The largest absolute Gasteiger partial charge is 0.497 e. The monoisotopic (exact) mass is 389 g/mol. The summed E-state index contributed by atoms with van der Waals surface area (Å²) in [4.78, 5) is 4.56. The zero-order valence-corrected chi connectivity index (χ0v) is 16.3. The molecule has 1 heterocycles. The molecule has 1 aromatic heterocycles. The van der Waals surface area contributed by atoms with Crippen molar-refractivity contribution in [3.8, 4) is 17.0 Å². The van der Waals surface area contributed by atoms with E-state index >= 15 is 0 Å². The van der Waals surface area contributed by atoms with E-state index in [4.69, 9.17) is 13.8 Å². The molecular formula is C20H21FNO4P. The third kappa shape index (κ3) is 4.03. The number of pyridine rings is 1. The molecule has 0 bridgehead atoms. The molecule has 0 radical (unpaired) electrons. The highest BCUT2D eigenvalue weighted by atomic mass is 31.2. The number of nitrogens with zero attached hydrogens (tertiary/aromatic N) is 1. The number of halogens is 1. The third-order valence-corrected chi connectivity index (χ3v) is 6.07. The normalized spacial score (nSPS) is 11.7. The molecule has 142 valence electrons. The number of ether oxygens (including phenoxy) is 1. The van der Waals surface area contributed by atoms with Gasteiger partial charge in [0.25, 0.3) is 0 Å². The smallest absolute Gasteiger partial charge is 0.380 e. The number of fused-ring (bicyclic) bond motifs is 1. The van der Waals surface area contributed by atoms with Gasteiger partial charge in [0.05, 0.1) is 26.0 Å². The first-order valence-corrected chi connectivity index (χ1v) is 10.2. The number of hydrogen-bond acceptors (Lipinski definition) is 5. The van der Waals surface area contributed by atoms with E-state index in [-0.39, 0.29) is 18.6 Å². The summed E-state index contributed by atoms with van der Waals surface area (Å²) in [6.45, 7) is 3.81. The Kier molecular flexibility index (Phi) is 5.90. The highest BCUT2D eigenvalue weighted by Crippen LogP contribution is 2.48. The first kappa shape index (κ1) is 19.5. The second-order valence-corrected chi connectivity index (χ2v) is 7.69. The SMILES string of the molecule is CCOP(=O)(OCC)c1nc(-c2ccc(OC)cc2)cc2ccc(F)cc12. The third-order valence-electron chi connectivity index (χ3n) is 4.02. The average Bonchev–Trinajstić information content (AvgIpc) is 2.67. The molecule has 0 N–H and O–H groups in total. The highest BCUT2D eigenvalue weighted by molar-refractivity contribution is 7.62. The Hall–Kier alpha value is -2.27. The van der Waals surface area contributed by atoms with Crippen LogP contribution in [0, 0.1) is 5.82 Å². The van der Waals surface area contributed by atoms with E-state index in [2.05, 4.69) is 4.98 Å². The summed E-state index contributed by atoms with van der Waals surface area (Å²) in [6.07, 6.45) is 0. The van der Waals surface area contributed by atoms with Crippen LogP contribution >= 0.6 is 7.60 Å². The zero-order valence-electron chi connectivity index (χ0n) is 15.4. The van der Waals surface area contributed by atoms with Gasteiger partial charge in [0.15, 0.2) is 5.44 Å². The summed E-state index contributed by atoms with van der Waals surface area (Å²) >= 11 is 0. The van der Waals surface area contributed by atoms with Crippen LogP contribution in [0.25, 0.3) is 22.0 Å². The maximum atomic E-state index is 13.9. The van der Waals surface area contributed by atoms with Crippen LogP contribution in [-0.2, 0) is 13.6 Å². The van der Waals surface area contributed by atoms with Crippen LogP contribution in [0.1, 0.15) is 13.8 Å². The van der Waals surface area contributed by atoms with Crippen LogP contribution < -0.4 is 10.2 Å². The molecule has 0 atom stereocenters. The van der Waals surface area contributed by atoms with Crippen LogP contribution in [0.3, 0.4) is 0 Å². The minimum Gasteiger partial charge on any atom is -0.497 e. The fourth-order valence-electron chi connectivity index (χ4n) is 2.82. The van der Waals surface area contributed by atoms with Crippen LogP contribution in [0.2, 0.25) is 0 Å². The van der Waals surface area contributed by atoms with Gasteiger partial charge in [-0.3, -0.25) is 4.57 Å². The van der Waals surface area contributed by atoms with E-state index in [1.165, 1.54) is 12.1 Å². The number of benzene rings is 2. The van der Waals surface area contributed by atoms with E-state index < -0.39 is 13.4 Å². The Bertz CT molecular complexity index is 981. The maximum absolute atomic E-state index is 13.9. The van der Waals surface area contributed by atoms with Crippen LogP contribution in [-0.4, -0.2) is 25.3 Å². The van der Waals surface area contributed by atoms with Crippen molar-refractivity contribution in [1.82, 2.24) is 4.98 Å². The molecule has 5 nitrogen and oxygen atoms in total. The Labute approximate surface area is 157 Å². The minimum atomic E-state index is -3.70. The molecule has 0 aliphatic heterocycles. The van der Waals surface area contributed by atoms with Crippen LogP contribution in [0.4, 0.5) is 4.39 Å². The number of hydrogen-bond donors (Lipinski definition) is 0. The molecule has 0 fully saturated rings. The summed E-state index contributed by atoms with van der Waals surface area (Å²) in [5.41, 5.74) is 1.52. The van der Waals surface area contributed by atoms with Crippen LogP contribution in [0.15, 0.2) is 48.5 Å². The minimum absolute atomic E-state index is 0.119. The fraction of sp³-hybridized carbons (Fsp3) is 0.250. The lowest BCUT2D eigenvalue weighted by Crippen LogP contribution is -2.16. The van der Waals surface area contributed by atoms with E-state index in [1.807, 2.05) is 30.3 Å². The van der Waals surface area contributed by atoms with Crippen molar-refractivity contribution >= 4 is 23.8 Å². The van der Waals surface area contributed by atoms with Gasteiger partial charge < -0.3 is 13.8 Å². The average molecular weight is 389 g/mol. The van der Waals surface area contributed by atoms with Gasteiger partial charge in [-0.15, -0.1) is 0 Å². The molecule has 3 aromatic rings. The molecule has 2 aromatic carbocycles. The van der Waals surface area contributed by atoms with E-state index in [1.54, 1.807) is 27.0 Å². The second-order valence-electron chi connectivity index (χ2n) is 5.76. The van der Waals surface area contributed by atoms with Crippen LogP contribution in [0.5, 0.6) is 5.75 Å². The quantitative estimate of drug-likeness (QED) is 0.536. The predicted molar refractivity (Wildman–Crippen MR) is 104 cm³/mol. The van der Waals surface area contributed by atoms with Gasteiger partial charge in [0.2, 0.25) is 0 Å². The van der Waals surface area contributed by atoms with Crippen molar-refractivity contribution in [2.45, 2.75) is 13.8 Å². The van der Waals surface area contributed by atoms with Crippen molar-refractivity contribution in [3.63, 3.8) is 0 Å². The van der Waals surface area contributed by atoms with Gasteiger partial charge in [-0.2, -0.15) is 0 Å². The predicted octanol–water partition coefficient (Wildman–Crippen LogP) is 4.94. The summed E-state index contributed by atoms with van der Waals surface area (Å²) in [5, 5.41) is 1.12. The molecule has 3 rings (SSSR count). The highest BCUT2D eigenvalue weighted by Gasteiger charge is 2.31. The lowest BCUT2D eigenvalue weighted by Gasteiger charge is -2.19. The van der Waals surface area contributed by atoms with Crippen molar-refractivity contribution in [2.75, 3.05) is 20.3 Å². The Morgan fingerprint density at radius 2 is 1.67 bits per heavy atom. The topological polar surface area (TPSA) is 57.7 Å². The molecule has 7 heteroatoms. The molecular weight excluding hydrogens is 368 g/mol. The van der Waals surface area contributed by atoms with Crippen molar-refractivity contribution in [3.05, 3.63) is 54.3 Å². The molecule has 0 aliphatic carbocycles. The number of aromatic nitrogens is 1. The molecule has 0 aliphatic rings. The molecule has 0 spiro atoms. The van der Waals surface area contributed by atoms with Gasteiger partial charge in [-0.05, 0) is 61.7 Å². The Morgan fingerprint density at radius 3 is 2.26 bits per heavy atom. The van der Waals surface area contributed by atoms with Gasteiger partial charge >= 0.3 is 7.60 Å². The van der Waals surface area contributed by atoms with E-state index in [0.29, 0.717) is 16.5 Å². The number of methoxy groups -OCH3 is 1. The van der Waals surface area contributed by atoms with Gasteiger partial charge in [0, 0.05) is 10.9 Å². The first-order chi connectivity index (χ1) is 13.0. The summed E-state index contributed by atoms with van der Waals surface area (Å²) in [5.74, 6) is 0.276. The fourth-order valence-corrected chi connectivity index (χ4v) is 4.54. The zero-order chi connectivity index (χ0) is 19.4. The molecule has 0 amide bonds. The molecule has 0 unspecified atom stereocenters. The second kappa shape index (κ2) is 8.17. The lowest BCUT2D eigenvalue weighted by molar-refractivity contribution is 0.229. The van der Waals surface area contributed by atoms with Gasteiger partial charge in [-0.1, -0.05) is 6.07 Å². The van der Waals surface area contributed by atoms with Gasteiger partial charge in [-0.25, -0.2) is 9.37 Å². The van der Waals surface area contributed by atoms with Crippen molar-refractivity contribution in [2.24, 2.45) is 0 Å². The van der Waals surface area contributed by atoms with E-state index in [9.17, 15) is 8.96 Å².